The van der Waals surface area contributed by atoms with Crippen LogP contribution in [0.1, 0.15) is 31.9 Å². The zero-order valence-corrected chi connectivity index (χ0v) is 21.5. The zero-order chi connectivity index (χ0) is 25.9. The summed E-state index contributed by atoms with van der Waals surface area (Å²) in [4.78, 5) is 13.3. The van der Waals surface area contributed by atoms with Gasteiger partial charge in [-0.25, -0.2) is 4.79 Å². The van der Waals surface area contributed by atoms with Gasteiger partial charge < -0.3 is 19.3 Å². The second-order valence-corrected chi connectivity index (χ2v) is 9.09. The summed E-state index contributed by atoms with van der Waals surface area (Å²) in [5.74, 6) is 0.313. The summed E-state index contributed by atoms with van der Waals surface area (Å²) < 4.78 is 54.8. The van der Waals surface area contributed by atoms with E-state index in [-0.39, 0.29) is 37.2 Å². The first-order chi connectivity index (χ1) is 17.1. The van der Waals surface area contributed by atoms with Gasteiger partial charge in [0.2, 0.25) is 0 Å². The van der Waals surface area contributed by atoms with E-state index in [0.29, 0.717) is 48.8 Å². The maximum absolute atomic E-state index is 12.7. The highest BCUT2D eigenvalue weighted by Crippen LogP contribution is 2.33. The number of carbonyl (C=O) groups is 1. The van der Waals surface area contributed by atoms with Gasteiger partial charge in [0.1, 0.15) is 30.5 Å². The van der Waals surface area contributed by atoms with E-state index < -0.39 is 18.2 Å². The molecule has 0 radical (unpaired) electrons. The summed E-state index contributed by atoms with van der Waals surface area (Å²) in [7, 11) is 0. The fourth-order valence-corrected chi connectivity index (χ4v) is 4.16. The van der Waals surface area contributed by atoms with Crippen molar-refractivity contribution >= 4 is 36.1 Å². The number of hydrogen-bond acceptors (Lipinski definition) is 5. The van der Waals surface area contributed by atoms with Gasteiger partial charge in [-0.15, -0.1) is 12.4 Å². The van der Waals surface area contributed by atoms with Crippen molar-refractivity contribution in [2.45, 2.75) is 39.7 Å². The SMILES string of the molecule is C.C[C@H](Oc1ccc(COc2ccc3c(c2)OCC(CN2CCC=C(C(=O)O)C2)=C3)cc1Cl)C(F)(F)F.Cl. The Kier molecular flexibility index (Phi) is 10.9. The van der Waals surface area contributed by atoms with Gasteiger partial charge in [0.15, 0.2) is 6.10 Å². The minimum absolute atomic E-state index is 0. The summed E-state index contributed by atoms with van der Waals surface area (Å²) in [5.41, 5.74) is 3.04. The van der Waals surface area contributed by atoms with E-state index in [0.717, 1.165) is 24.6 Å². The van der Waals surface area contributed by atoms with Crippen molar-refractivity contribution < 1.29 is 37.3 Å². The molecule has 0 amide bonds. The molecule has 2 aromatic rings. The average molecular weight is 576 g/mol. The average Bonchev–Trinajstić information content (AvgIpc) is 2.83. The van der Waals surface area contributed by atoms with Crippen molar-refractivity contribution in [3.05, 3.63) is 69.8 Å². The monoisotopic (exact) mass is 575 g/mol. The van der Waals surface area contributed by atoms with E-state index in [1.165, 1.54) is 12.1 Å². The van der Waals surface area contributed by atoms with Crippen LogP contribution in [0.2, 0.25) is 5.02 Å². The molecule has 0 fully saturated rings. The van der Waals surface area contributed by atoms with Crippen LogP contribution in [0.15, 0.2) is 53.6 Å². The molecular formula is C27H30Cl2F3NO5. The molecule has 2 heterocycles. The lowest BCUT2D eigenvalue weighted by molar-refractivity contribution is -0.189. The Morgan fingerprint density at radius 3 is 2.68 bits per heavy atom. The molecule has 0 saturated heterocycles. The largest absolute Gasteiger partial charge is 0.489 e. The zero-order valence-electron chi connectivity index (χ0n) is 19.9. The molecule has 0 bridgehead atoms. The van der Waals surface area contributed by atoms with E-state index in [9.17, 15) is 23.1 Å². The molecule has 0 saturated carbocycles. The third-order valence-corrected chi connectivity index (χ3v) is 6.15. The van der Waals surface area contributed by atoms with Gasteiger partial charge in [0.05, 0.1) is 5.02 Å². The van der Waals surface area contributed by atoms with Gasteiger partial charge in [0.25, 0.3) is 0 Å². The van der Waals surface area contributed by atoms with E-state index in [1.54, 1.807) is 24.3 Å². The van der Waals surface area contributed by atoms with Crippen LogP contribution in [0.5, 0.6) is 17.2 Å². The van der Waals surface area contributed by atoms with Crippen LogP contribution in [-0.4, -0.2) is 54.5 Å². The minimum atomic E-state index is -4.48. The van der Waals surface area contributed by atoms with Gasteiger partial charge in [-0.05, 0) is 54.8 Å². The number of ether oxygens (including phenoxy) is 3. The van der Waals surface area contributed by atoms with Crippen molar-refractivity contribution in [3.8, 4) is 17.2 Å². The lowest BCUT2D eigenvalue weighted by Gasteiger charge is -2.28. The van der Waals surface area contributed by atoms with Crippen molar-refractivity contribution in [2.24, 2.45) is 0 Å². The number of rotatable bonds is 8. The van der Waals surface area contributed by atoms with E-state index in [2.05, 4.69) is 4.90 Å². The molecule has 1 atom stereocenters. The van der Waals surface area contributed by atoms with E-state index in [4.69, 9.17) is 25.8 Å². The number of hydrogen-bond donors (Lipinski definition) is 1. The van der Waals surface area contributed by atoms with E-state index in [1.807, 2.05) is 12.1 Å². The number of alkyl halides is 3. The lowest BCUT2D eigenvalue weighted by Crippen LogP contribution is -2.34. The maximum atomic E-state index is 12.7. The lowest BCUT2D eigenvalue weighted by atomic mass is 10.0. The van der Waals surface area contributed by atoms with Crippen LogP contribution in [-0.2, 0) is 11.4 Å². The van der Waals surface area contributed by atoms with Crippen LogP contribution < -0.4 is 14.2 Å². The Bertz CT molecular complexity index is 1200. The second-order valence-electron chi connectivity index (χ2n) is 8.68. The topological polar surface area (TPSA) is 68.2 Å². The first-order valence-electron chi connectivity index (χ1n) is 11.3. The van der Waals surface area contributed by atoms with Crippen molar-refractivity contribution in [1.29, 1.82) is 0 Å². The van der Waals surface area contributed by atoms with Gasteiger partial charge in [-0.1, -0.05) is 31.2 Å². The number of aliphatic carboxylic acids is 1. The normalized spacial score (nSPS) is 15.9. The molecule has 1 N–H and O–H groups in total. The predicted molar refractivity (Wildman–Crippen MR) is 143 cm³/mol. The molecule has 0 aliphatic carbocycles. The summed E-state index contributed by atoms with van der Waals surface area (Å²) in [6.45, 7) is 3.31. The van der Waals surface area contributed by atoms with E-state index >= 15 is 0 Å². The number of benzene rings is 2. The standard InChI is InChI=1S/C26H25ClF3NO5.CH4.ClH/c1-16(26(28,29)30)36-23-7-4-17(10-22(23)27)14-34-21-6-5-19-9-18(15-35-24(19)11-21)12-31-8-2-3-20(13-31)25(32)33;;/h3-7,9-11,16H,2,8,12-15H2,1H3,(H,32,33);1H4;1H/t16-;;/m0../s1. The fourth-order valence-electron chi connectivity index (χ4n) is 3.91. The third-order valence-electron chi connectivity index (χ3n) is 5.86. The Hall–Kier alpha value is -2.88. The highest BCUT2D eigenvalue weighted by molar-refractivity contribution is 6.32. The Morgan fingerprint density at radius 1 is 1.24 bits per heavy atom. The molecule has 38 heavy (non-hydrogen) atoms. The predicted octanol–water partition coefficient (Wildman–Crippen LogP) is 6.80. The molecular weight excluding hydrogens is 546 g/mol. The number of nitrogens with zero attached hydrogens (tertiary/aromatic N) is 1. The highest BCUT2D eigenvalue weighted by Gasteiger charge is 2.38. The summed E-state index contributed by atoms with van der Waals surface area (Å²) in [6.07, 6.45) is -1.93. The molecule has 0 unspecified atom stereocenters. The Morgan fingerprint density at radius 2 is 2.00 bits per heavy atom. The van der Waals surface area contributed by atoms with Crippen LogP contribution in [0, 0.1) is 0 Å². The summed E-state index contributed by atoms with van der Waals surface area (Å²) >= 11 is 6.10. The third kappa shape index (κ3) is 8.06. The summed E-state index contributed by atoms with van der Waals surface area (Å²) in [6, 6.07) is 9.96. The molecule has 2 aromatic carbocycles. The Labute approximate surface area is 231 Å². The molecule has 0 aromatic heterocycles. The van der Waals surface area contributed by atoms with Gasteiger partial charge in [0, 0.05) is 36.8 Å². The van der Waals surface area contributed by atoms with Crippen molar-refractivity contribution in [2.75, 3.05) is 26.2 Å². The van der Waals surface area contributed by atoms with Crippen LogP contribution >= 0.6 is 24.0 Å². The van der Waals surface area contributed by atoms with Crippen molar-refractivity contribution in [3.63, 3.8) is 0 Å². The fraction of sp³-hybridized carbons (Fsp3) is 0.370. The van der Waals surface area contributed by atoms with Crippen molar-refractivity contribution in [1.82, 2.24) is 4.90 Å². The van der Waals surface area contributed by atoms with Crippen LogP contribution in [0.4, 0.5) is 13.2 Å². The minimum Gasteiger partial charge on any atom is -0.489 e. The van der Waals surface area contributed by atoms with Gasteiger partial charge in [-0.3, -0.25) is 4.90 Å². The van der Waals surface area contributed by atoms with Gasteiger partial charge in [-0.2, -0.15) is 13.2 Å². The van der Waals surface area contributed by atoms with Gasteiger partial charge >= 0.3 is 12.1 Å². The van der Waals surface area contributed by atoms with Crippen LogP contribution in [0.3, 0.4) is 0 Å². The first kappa shape index (κ1) is 31.3. The first-order valence-corrected chi connectivity index (χ1v) is 11.7. The molecule has 4 rings (SSSR count). The number of carboxylic acid groups (broad SMARTS) is 1. The second kappa shape index (κ2) is 13.3. The number of halogens is 5. The smallest absolute Gasteiger partial charge is 0.425 e. The highest BCUT2D eigenvalue weighted by atomic mass is 35.5. The molecule has 2 aliphatic heterocycles. The molecule has 208 valence electrons. The number of carboxylic acids is 1. The summed E-state index contributed by atoms with van der Waals surface area (Å²) in [5, 5.41) is 9.29. The Balaban J connectivity index is 0.00000253. The van der Waals surface area contributed by atoms with Crippen LogP contribution in [0.25, 0.3) is 6.08 Å². The molecule has 11 heteroatoms. The maximum Gasteiger partial charge on any atom is 0.425 e. The molecule has 0 spiro atoms. The quantitative estimate of drug-likeness (QED) is 0.373. The number of fused-ring (bicyclic) bond motifs is 1. The molecule has 6 nitrogen and oxygen atoms in total. The molecule has 2 aliphatic rings.